The number of hydrogen-bond acceptors (Lipinski definition) is 4. The summed E-state index contributed by atoms with van der Waals surface area (Å²) < 4.78 is 0. The molecular weight excluding hydrogens is 336 g/mol. The number of aliphatic carboxylic acids is 2. The lowest BCUT2D eigenvalue weighted by molar-refractivity contribution is -0.148. The minimum atomic E-state index is -1.08. The lowest BCUT2D eigenvalue weighted by Gasteiger charge is -2.34. The molecule has 2 rings (SSSR count). The summed E-state index contributed by atoms with van der Waals surface area (Å²) >= 11 is 0. The molecule has 0 saturated carbocycles. The first-order valence-electron chi connectivity index (χ1n) is 8.87. The summed E-state index contributed by atoms with van der Waals surface area (Å²) in [5.41, 5.74) is -0.0449. The van der Waals surface area contributed by atoms with Crippen LogP contribution in [0.25, 0.3) is 0 Å². The molecule has 0 bridgehead atoms. The smallest absolute Gasteiger partial charge is 0.323 e. The van der Waals surface area contributed by atoms with E-state index in [1.165, 1.54) is 4.90 Å². The van der Waals surface area contributed by atoms with E-state index in [-0.39, 0.29) is 12.5 Å². The molecule has 7 heteroatoms. The van der Waals surface area contributed by atoms with E-state index in [0.29, 0.717) is 32.2 Å². The number of nitrogens with one attached hydrogen (secondary N) is 1. The van der Waals surface area contributed by atoms with E-state index in [2.05, 4.69) is 5.32 Å². The van der Waals surface area contributed by atoms with Crippen LogP contribution in [0.2, 0.25) is 0 Å². The maximum absolute atomic E-state index is 12.8. The van der Waals surface area contributed by atoms with Gasteiger partial charge in [0.05, 0.1) is 5.54 Å². The fraction of sp³-hybridized carbons (Fsp3) is 0.526. The molecule has 1 aliphatic heterocycles. The van der Waals surface area contributed by atoms with Crippen molar-refractivity contribution in [3.8, 4) is 0 Å². The fourth-order valence-electron chi connectivity index (χ4n) is 3.38. The van der Waals surface area contributed by atoms with Crippen LogP contribution in [-0.4, -0.2) is 57.6 Å². The molecule has 1 aliphatic rings. The summed E-state index contributed by atoms with van der Waals surface area (Å²) in [7, 11) is 0. The Labute approximate surface area is 153 Å². The van der Waals surface area contributed by atoms with Crippen LogP contribution in [0.1, 0.15) is 38.2 Å². The molecule has 1 amide bonds. The van der Waals surface area contributed by atoms with E-state index < -0.39 is 23.5 Å². The van der Waals surface area contributed by atoms with Crippen LogP contribution >= 0.6 is 0 Å². The standard InChI is InChI=1S/C19H26N2O5/c1-19(11-5-6-12-21(18(19)26)13-16(22)23)20-15(17(24)25)10-9-14-7-3-2-4-8-14/h2-4,7-8,15,20H,5-6,9-13H2,1H3,(H,22,23)(H,24,25). The van der Waals surface area contributed by atoms with Gasteiger partial charge < -0.3 is 15.1 Å². The summed E-state index contributed by atoms with van der Waals surface area (Å²) in [5.74, 6) is -2.42. The first-order valence-corrected chi connectivity index (χ1v) is 8.87. The maximum Gasteiger partial charge on any atom is 0.323 e. The third-order valence-corrected chi connectivity index (χ3v) is 4.80. The Bertz CT molecular complexity index is 649. The molecule has 2 atom stereocenters. The van der Waals surface area contributed by atoms with E-state index in [1.54, 1.807) is 6.92 Å². The predicted molar refractivity (Wildman–Crippen MR) is 95.8 cm³/mol. The molecule has 2 unspecified atom stereocenters. The van der Waals surface area contributed by atoms with Gasteiger partial charge in [-0.3, -0.25) is 19.7 Å². The van der Waals surface area contributed by atoms with Crippen LogP contribution in [0, 0.1) is 0 Å². The highest BCUT2D eigenvalue weighted by Gasteiger charge is 2.41. The molecule has 1 aromatic carbocycles. The quantitative estimate of drug-likeness (QED) is 0.647. The minimum Gasteiger partial charge on any atom is -0.480 e. The number of hydrogen-bond donors (Lipinski definition) is 3. The van der Waals surface area contributed by atoms with Crippen LogP contribution in [0.3, 0.4) is 0 Å². The molecule has 1 fully saturated rings. The molecule has 0 spiro atoms. The highest BCUT2D eigenvalue weighted by molar-refractivity contribution is 5.89. The molecule has 1 saturated heterocycles. The topological polar surface area (TPSA) is 107 Å². The van der Waals surface area contributed by atoms with Gasteiger partial charge in [0.2, 0.25) is 5.91 Å². The van der Waals surface area contributed by atoms with Crippen LogP contribution in [-0.2, 0) is 20.8 Å². The van der Waals surface area contributed by atoms with Crippen LogP contribution in [0.5, 0.6) is 0 Å². The summed E-state index contributed by atoms with van der Waals surface area (Å²) in [6.07, 6.45) is 2.85. The maximum atomic E-state index is 12.8. The minimum absolute atomic E-state index is 0.344. The Morgan fingerprint density at radius 2 is 1.92 bits per heavy atom. The number of aryl methyl sites for hydroxylation is 1. The number of nitrogens with zero attached hydrogens (tertiary/aromatic N) is 1. The summed E-state index contributed by atoms with van der Waals surface area (Å²) in [4.78, 5) is 36.9. The second-order valence-electron chi connectivity index (χ2n) is 6.97. The van der Waals surface area contributed by atoms with Gasteiger partial charge in [0.15, 0.2) is 0 Å². The molecule has 7 nitrogen and oxygen atoms in total. The number of likely N-dealkylation sites (tertiary alicyclic amines) is 1. The van der Waals surface area contributed by atoms with E-state index in [9.17, 15) is 19.5 Å². The Balaban J connectivity index is 2.10. The highest BCUT2D eigenvalue weighted by atomic mass is 16.4. The zero-order valence-electron chi connectivity index (χ0n) is 15.0. The third-order valence-electron chi connectivity index (χ3n) is 4.80. The zero-order chi connectivity index (χ0) is 19.2. The average molecular weight is 362 g/mol. The number of carboxylic acids is 2. The third kappa shape index (κ3) is 5.29. The number of rotatable bonds is 8. The first-order chi connectivity index (χ1) is 12.3. The molecular formula is C19H26N2O5. The predicted octanol–water partition coefficient (Wildman–Crippen LogP) is 1.52. The van der Waals surface area contributed by atoms with Crippen molar-refractivity contribution >= 4 is 17.8 Å². The second kappa shape index (κ2) is 8.80. The average Bonchev–Trinajstić information content (AvgIpc) is 2.73. The lowest BCUT2D eigenvalue weighted by Crippen LogP contribution is -2.60. The van der Waals surface area contributed by atoms with Crippen molar-refractivity contribution in [2.45, 2.75) is 50.6 Å². The van der Waals surface area contributed by atoms with Crippen LogP contribution in [0.15, 0.2) is 30.3 Å². The van der Waals surface area contributed by atoms with Crippen molar-refractivity contribution in [3.63, 3.8) is 0 Å². The normalized spacial score (nSPS) is 21.9. The van der Waals surface area contributed by atoms with Gasteiger partial charge in [-0.15, -0.1) is 0 Å². The van der Waals surface area contributed by atoms with E-state index in [1.807, 2.05) is 30.3 Å². The van der Waals surface area contributed by atoms with Crippen molar-refractivity contribution in [2.24, 2.45) is 0 Å². The van der Waals surface area contributed by atoms with E-state index >= 15 is 0 Å². The Hall–Kier alpha value is -2.41. The van der Waals surface area contributed by atoms with E-state index in [0.717, 1.165) is 12.0 Å². The molecule has 1 heterocycles. The van der Waals surface area contributed by atoms with Gasteiger partial charge >= 0.3 is 11.9 Å². The Morgan fingerprint density at radius 1 is 1.23 bits per heavy atom. The Kier molecular flexibility index (Phi) is 6.74. The van der Waals surface area contributed by atoms with Crippen molar-refractivity contribution in [2.75, 3.05) is 13.1 Å². The summed E-state index contributed by atoms with van der Waals surface area (Å²) in [6, 6.07) is 8.70. The van der Waals surface area contributed by atoms with Crippen molar-refractivity contribution in [3.05, 3.63) is 35.9 Å². The van der Waals surface area contributed by atoms with Gasteiger partial charge in [0.25, 0.3) is 0 Å². The lowest BCUT2D eigenvalue weighted by atomic mass is 9.92. The molecule has 26 heavy (non-hydrogen) atoms. The zero-order valence-corrected chi connectivity index (χ0v) is 15.0. The highest BCUT2D eigenvalue weighted by Crippen LogP contribution is 2.23. The largest absolute Gasteiger partial charge is 0.480 e. The van der Waals surface area contributed by atoms with Gasteiger partial charge in [0.1, 0.15) is 12.6 Å². The van der Waals surface area contributed by atoms with E-state index in [4.69, 9.17) is 5.11 Å². The number of carboxylic acid groups (broad SMARTS) is 2. The van der Waals surface area contributed by atoms with Crippen molar-refractivity contribution in [1.82, 2.24) is 10.2 Å². The van der Waals surface area contributed by atoms with Gasteiger partial charge in [-0.2, -0.15) is 0 Å². The SMILES string of the molecule is CC1(NC(CCc2ccccc2)C(=O)O)CCCCN(CC(=O)O)C1=O. The van der Waals surface area contributed by atoms with Crippen LogP contribution in [0.4, 0.5) is 0 Å². The fourth-order valence-corrected chi connectivity index (χ4v) is 3.38. The summed E-state index contributed by atoms with van der Waals surface area (Å²) in [6.45, 7) is 1.69. The number of benzene rings is 1. The molecule has 0 radical (unpaired) electrons. The van der Waals surface area contributed by atoms with Gasteiger partial charge in [0, 0.05) is 6.54 Å². The van der Waals surface area contributed by atoms with Crippen molar-refractivity contribution < 1.29 is 24.6 Å². The molecule has 142 valence electrons. The monoisotopic (exact) mass is 362 g/mol. The number of carbonyl (C=O) groups excluding carboxylic acids is 1. The molecule has 1 aromatic rings. The molecule has 0 aromatic heterocycles. The van der Waals surface area contributed by atoms with Gasteiger partial charge in [-0.05, 0) is 44.6 Å². The second-order valence-corrected chi connectivity index (χ2v) is 6.97. The summed E-state index contributed by atoms with van der Waals surface area (Å²) in [5, 5.41) is 21.6. The number of amides is 1. The number of carbonyl (C=O) groups is 3. The molecule has 3 N–H and O–H groups in total. The van der Waals surface area contributed by atoms with Gasteiger partial charge in [-0.1, -0.05) is 30.3 Å². The Morgan fingerprint density at radius 3 is 2.54 bits per heavy atom. The van der Waals surface area contributed by atoms with Crippen LogP contribution < -0.4 is 5.32 Å². The first kappa shape index (κ1) is 19.9. The molecule has 0 aliphatic carbocycles. The van der Waals surface area contributed by atoms with Gasteiger partial charge in [-0.25, -0.2) is 0 Å². The van der Waals surface area contributed by atoms with Crippen molar-refractivity contribution in [1.29, 1.82) is 0 Å².